The Kier molecular flexibility index (Phi) is 6.64. The van der Waals surface area contributed by atoms with Crippen LogP contribution in [0.15, 0.2) is 30.6 Å². The van der Waals surface area contributed by atoms with Crippen molar-refractivity contribution in [3.8, 4) is 11.4 Å². The lowest BCUT2D eigenvalue weighted by atomic mass is 9.99. The molecule has 0 unspecified atom stereocenters. The van der Waals surface area contributed by atoms with Gasteiger partial charge in [-0.05, 0) is 32.9 Å². The molecular formula is C20H25ClFN3O4. The molecule has 2 atom stereocenters. The van der Waals surface area contributed by atoms with Crippen LogP contribution in [0.3, 0.4) is 0 Å². The van der Waals surface area contributed by atoms with E-state index in [1.165, 1.54) is 23.0 Å². The van der Waals surface area contributed by atoms with Crippen LogP contribution in [0, 0.1) is 11.7 Å². The van der Waals surface area contributed by atoms with Crippen molar-refractivity contribution in [2.24, 2.45) is 5.92 Å². The number of nitrogens with zero attached hydrogens (tertiary/aromatic N) is 2. The topological polar surface area (TPSA) is 74.6 Å². The zero-order chi connectivity index (χ0) is 21.0. The van der Waals surface area contributed by atoms with Crippen molar-refractivity contribution < 1.29 is 23.4 Å². The van der Waals surface area contributed by atoms with E-state index in [1.807, 2.05) is 20.8 Å². The fourth-order valence-corrected chi connectivity index (χ4v) is 3.09. The quantitative estimate of drug-likeness (QED) is 0.784. The Morgan fingerprint density at radius 2 is 2.24 bits per heavy atom. The number of benzene rings is 1. The van der Waals surface area contributed by atoms with Crippen LogP contribution in [0.4, 0.5) is 9.18 Å². The third kappa shape index (κ3) is 6.08. The molecule has 0 spiro atoms. The molecule has 29 heavy (non-hydrogen) atoms. The van der Waals surface area contributed by atoms with Crippen LogP contribution >= 0.6 is 11.6 Å². The molecule has 1 fully saturated rings. The smallest absolute Gasteiger partial charge is 0.407 e. The zero-order valence-electron chi connectivity index (χ0n) is 16.7. The SMILES string of the molecule is CC(C)(C)NC(=O)O[C@H]1CCOC[C@@H]1COc1ccc(-n2cc(Cl)cn2)cc1F. The van der Waals surface area contributed by atoms with E-state index in [1.54, 1.807) is 12.3 Å². The standard InChI is InChI=1S/C20H25ClFN3O4/c1-20(2,3)24-19(26)29-17-6-7-27-11-13(17)12-28-18-5-4-15(8-16(18)22)25-10-14(21)9-23-25/h4-5,8-10,13,17H,6-7,11-12H2,1-3H3,(H,24,26)/t13-,17+/m1/s1. The number of nitrogens with one attached hydrogen (secondary N) is 1. The Morgan fingerprint density at radius 3 is 2.90 bits per heavy atom. The third-order valence-corrected chi connectivity index (χ3v) is 4.52. The summed E-state index contributed by atoms with van der Waals surface area (Å²) in [5, 5.41) is 7.28. The molecule has 0 radical (unpaired) electrons. The van der Waals surface area contributed by atoms with Crippen molar-refractivity contribution in [2.45, 2.75) is 38.8 Å². The molecule has 1 amide bonds. The van der Waals surface area contributed by atoms with Gasteiger partial charge in [-0.25, -0.2) is 13.9 Å². The number of aromatic nitrogens is 2. The first-order chi connectivity index (χ1) is 13.7. The number of hydrogen-bond acceptors (Lipinski definition) is 5. The molecule has 1 N–H and O–H groups in total. The van der Waals surface area contributed by atoms with E-state index in [9.17, 15) is 9.18 Å². The fraction of sp³-hybridized carbons (Fsp3) is 0.500. The maximum Gasteiger partial charge on any atom is 0.407 e. The third-order valence-electron chi connectivity index (χ3n) is 4.32. The number of ether oxygens (including phenoxy) is 3. The number of rotatable bonds is 5. The van der Waals surface area contributed by atoms with Crippen LogP contribution in [0.1, 0.15) is 27.2 Å². The molecule has 9 heteroatoms. The van der Waals surface area contributed by atoms with Crippen LogP contribution in [-0.4, -0.2) is 47.3 Å². The maximum absolute atomic E-state index is 14.5. The van der Waals surface area contributed by atoms with E-state index >= 15 is 0 Å². The van der Waals surface area contributed by atoms with Gasteiger partial charge < -0.3 is 19.5 Å². The predicted molar refractivity (Wildman–Crippen MR) is 106 cm³/mol. The highest BCUT2D eigenvalue weighted by Gasteiger charge is 2.31. The van der Waals surface area contributed by atoms with Gasteiger partial charge in [0.15, 0.2) is 11.6 Å². The van der Waals surface area contributed by atoms with Crippen LogP contribution in [-0.2, 0) is 9.47 Å². The Labute approximate surface area is 174 Å². The molecule has 0 bridgehead atoms. The van der Waals surface area contributed by atoms with Crippen molar-refractivity contribution in [1.29, 1.82) is 0 Å². The second-order valence-corrected chi connectivity index (χ2v) is 8.41. The van der Waals surface area contributed by atoms with Gasteiger partial charge in [-0.2, -0.15) is 5.10 Å². The number of hydrogen-bond donors (Lipinski definition) is 1. The average Bonchev–Trinajstić information content (AvgIpc) is 3.06. The van der Waals surface area contributed by atoms with E-state index < -0.39 is 17.4 Å². The van der Waals surface area contributed by atoms with Gasteiger partial charge in [-0.1, -0.05) is 11.6 Å². The van der Waals surface area contributed by atoms with Crippen LogP contribution in [0.5, 0.6) is 5.75 Å². The summed E-state index contributed by atoms with van der Waals surface area (Å²) in [4.78, 5) is 12.1. The van der Waals surface area contributed by atoms with Crippen molar-refractivity contribution >= 4 is 17.7 Å². The molecule has 1 aliphatic rings. The summed E-state index contributed by atoms with van der Waals surface area (Å²) in [5.74, 6) is -0.609. The minimum atomic E-state index is -0.520. The van der Waals surface area contributed by atoms with Crippen LogP contribution < -0.4 is 10.1 Å². The Bertz CT molecular complexity index is 852. The van der Waals surface area contributed by atoms with Gasteiger partial charge in [0, 0.05) is 24.2 Å². The van der Waals surface area contributed by atoms with Crippen molar-refractivity contribution in [3.05, 3.63) is 41.4 Å². The number of carbonyl (C=O) groups is 1. The largest absolute Gasteiger partial charge is 0.490 e. The Hall–Kier alpha value is -2.32. The van der Waals surface area contributed by atoms with Gasteiger partial charge in [-0.3, -0.25) is 0 Å². The van der Waals surface area contributed by atoms with Crippen molar-refractivity contribution in [3.63, 3.8) is 0 Å². The second kappa shape index (κ2) is 9.00. The molecule has 1 saturated heterocycles. The number of amides is 1. The summed E-state index contributed by atoms with van der Waals surface area (Å²) in [6.45, 7) is 6.67. The summed E-state index contributed by atoms with van der Waals surface area (Å²) in [5.41, 5.74) is 0.139. The molecule has 158 valence electrons. The van der Waals surface area contributed by atoms with Crippen molar-refractivity contribution in [1.82, 2.24) is 15.1 Å². The summed E-state index contributed by atoms with van der Waals surface area (Å²) in [7, 11) is 0. The van der Waals surface area contributed by atoms with E-state index in [0.717, 1.165) is 0 Å². The molecule has 2 heterocycles. The normalized spacial score (nSPS) is 19.6. The molecule has 2 aromatic rings. The van der Waals surface area contributed by atoms with E-state index in [4.69, 9.17) is 25.8 Å². The summed E-state index contributed by atoms with van der Waals surface area (Å²) in [6.07, 6.45) is 2.78. The molecule has 1 aromatic carbocycles. The van der Waals surface area contributed by atoms with Crippen molar-refractivity contribution in [2.75, 3.05) is 19.8 Å². The Balaban J connectivity index is 1.60. The Morgan fingerprint density at radius 1 is 1.45 bits per heavy atom. The lowest BCUT2D eigenvalue weighted by molar-refractivity contribution is -0.0572. The van der Waals surface area contributed by atoms with E-state index in [-0.39, 0.29) is 24.4 Å². The van der Waals surface area contributed by atoms with E-state index in [2.05, 4.69) is 10.4 Å². The first-order valence-corrected chi connectivity index (χ1v) is 9.78. The van der Waals surface area contributed by atoms with Gasteiger partial charge >= 0.3 is 6.09 Å². The molecule has 1 aliphatic heterocycles. The first kappa shape index (κ1) is 21.4. The molecule has 7 nitrogen and oxygen atoms in total. The highest BCUT2D eigenvalue weighted by molar-refractivity contribution is 6.30. The monoisotopic (exact) mass is 425 g/mol. The molecule has 1 aromatic heterocycles. The minimum absolute atomic E-state index is 0.107. The van der Waals surface area contributed by atoms with Crippen LogP contribution in [0.25, 0.3) is 5.69 Å². The number of alkyl carbamates (subject to hydrolysis) is 1. The van der Waals surface area contributed by atoms with Gasteiger partial charge in [-0.15, -0.1) is 0 Å². The first-order valence-electron chi connectivity index (χ1n) is 9.41. The lowest BCUT2D eigenvalue weighted by Gasteiger charge is -2.32. The van der Waals surface area contributed by atoms with Gasteiger partial charge in [0.25, 0.3) is 0 Å². The lowest BCUT2D eigenvalue weighted by Crippen LogP contribution is -2.46. The van der Waals surface area contributed by atoms with Gasteiger partial charge in [0.05, 0.1) is 42.6 Å². The highest BCUT2D eigenvalue weighted by Crippen LogP contribution is 2.24. The zero-order valence-corrected chi connectivity index (χ0v) is 17.4. The minimum Gasteiger partial charge on any atom is -0.490 e. The maximum atomic E-state index is 14.5. The fourth-order valence-electron chi connectivity index (χ4n) is 2.95. The second-order valence-electron chi connectivity index (χ2n) is 7.97. The predicted octanol–water partition coefficient (Wildman–Crippen LogP) is 3.97. The van der Waals surface area contributed by atoms with Crippen LogP contribution in [0.2, 0.25) is 5.02 Å². The van der Waals surface area contributed by atoms with Gasteiger partial charge in [0.2, 0.25) is 0 Å². The molecule has 0 aliphatic carbocycles. The number of halogens is 2. The molecular weight excluding hydrogens is 401 g/mol. The summed E-state index contributed by atoms with van der Waals surface area (Å²) < 4.78 is 32.6. The highest BCUT2D eigenvalue weighted by atomic mass is 35.5. The summed E-state index contributed by atoms with van der Waals surface area (Å²) in [6, 6.07) is 4.54. The molecule has 3 rings (SSSR count). The summed E-state index contributed by atoms with van der Waals surface area (Å²) >= 11 is 5.85. The van der Waals surface area contributed by atoms with E-state index in [0.29, 0.717) is 30.3 Å². The average molecular weight is 426 g/mol. The number of carbonyl (C=O) groups excluding carboxylic acids is 1. The van der Waals surface area contributed by atoms with Gasteiger partial charge in [0.1, 0.15) is 6.10 Å². The molecule has 0 saturated carbocycles.